The highest BCUT2D eigenvalue weighted by Gasteiger charge is 2.23. The number of esters is 1. The van der Waals surface area contributed by atoms with Gasteiger partial charge in [0.15, 0.2) is 6.61 Å². The van der Waals surface area contributed by atoms with Crippen molar-refractivity contribution in [1.82, 2.24) is 10.6 Å². The number of rotatable bonds is 21. The van der Waals surface area contributed by atoms with Crippen LogP contribution in [0, 0.1) is 0 Å². The van der Waals surface area contributed by atoms with Crippen molar-refractivity contribution in [3.05, 3.63) is 153 Å². The van der Waals surface area contributed by atoms with Crippen LogP contribution >= 0.6 is 0 Å². The second-order valence-electron chi connectivity index (χ2n) is 18.5. The molecular formula is C57H70N2O9. The van der Waals surface area contributed by atoms with Crippen molar-refractivity contribution in [2.75, 3.05) is 41.0 Å². The number of nitrogens with one attached hydrogen (secondary N) is 2. The first-order valence-corrected chi connectivity index (χ1v) is 24.1. The van der Waals surface area contributed by atoms with Crippen molar-refractivity contribution in [2.24, 2.45) is 0 Å². The van der Waals surface area contributed by atoms with Crippen LogP contribution in [0.5, 0.6) is 23.0 Å². The van der Waals surface area contributed by atoms with E-state index in [2.05, 4.69) is 89.5 Å². The Bertz CT molecular complexity index is 2340. The van der Waals surface area contributed by atoms with Crippen LogP contribution in [0.25, 0.3) is 0 Å². The smallest absolute Gasteiger partial charge is 0.407 e. The predicted molar refractivity (Wildman–Crippen MR) is 266 cm³/mol. The quantitative estimate of drug-likeness (QED) is 0.0535. The molecule has 362 valence electrons. The SMILES string of the molecule is COC(=O)CCCCCCCCCc1cc2c(OCC(=O)NCCNC(=O)OC(C)(C)C)c(c1)Cc1cccc(c1OC)Cc1cccc(c1OCc1ccccc1)Cc1cccc(c1OC)C2. The molecule has 5 aromatic rings. The lowest BCUT2D eigenvalue weighted by atomic mass is 9.89. The van der Waals surface area contributed by atoms with Crippen LogP contribution in [-0.4, -0.2) is 64.6 Å². The molecule has 1 aliphatic rings. The number of ether oxygens (including phenoxy) is 6. The molecule has 0 saturated carbocycles. The molecule has 6 rings (SSSR count). The summed E-state index contributed by atoms with van der Waals surface area (Å²) in [6, 6.07) is 33.7. The van der Waals surface area contributed by atoms with Crippen molar-refractivity contribution in [1.29, 1.82) is 0 Å². The molecular weight excluding hydrogens is 857 g/mol. The second kappa shape index (κ2) is 25.6. The number of unbranched alkanes of at least 4 members (excludes halogenated alkanes) is 6. The average Bonchev–Trinajstić information content (AvgIpc) is 3.31. The fourth-order valence-electron chi connectivity index (χ4n) is 8.88. The standard InChI is InChI=1S/C57H70N2O9/c1-57(2,3)68-56(62)59-31-30-58-50(60)39-67-55-48-32-41(22-13-10-8-7-9-11-16-29-51(61)63-4)33-49(55)37-45-26-18-24-43(53(45)65-6)35-47-28-19-27-46(54(47)66-38-40-20-14-12-15-21-40)34-42-23-17-25-44(36-48)52(42)64-5/h12,14-15,17-21,23-28,32-33H,7-11,13,16,22,29-31,34-39H2,1-6H3,(H,58,60)(H,59,62). The van der Waals surface area contributed by atoms with E-state index < -0.39 is 11.7 Å². The van der Waals surface area contributed by atoms with Crippen molar-refractivity contribution in [2.45, 2.75) is 116 Å². The van der Waals surface area contributed by atoms with Gasteiger partial charge in [-0.2, -0.15) is 0 Å². The van der Waals surface area contributed by atoms with E-state index in [1.807, 2.05) is 18.2 Å². The zero-order valence-corrected chi connectivity index (χ0v) is 40.9. The third-order valence-corrected chi connectivity index (χ3v) is 12.0. The third kappa shape index (κ3) is 15.3. The minimum Gasteiger partial charge on any atom is -0.496 e. The molecule has 0 heterocycles. The summed E-state index contributed by atoms with van der Waals surface area (Å²) in [5, 5.41) is 5.58. The first-order valence-electron chi connectivity index (χ1n) is 24.1. The molecule has 0 atom stereocenters. The Morgan fingerprint density at radius 3 is 1.50 bits per heavy atom. The molecule has 11 nitrogen and oxygen atoms in total. The Morgan fingerprint density at radius 1 is 0.515 bits per heavy atom. The van der Waals surface area contributed by atoms with Crippen molar-refractivity contribution < 1.29 is 42.8 Å². The molecule has 5 aromatic carbocycles. The topological polar surface area (TPSA) is 131 Å². The molecule has 1 aliphatic carbocycles. The van der Waals surface area contributed by atoms with Crippen LogP contribution in [0.1, 0.15) is 128 Å². The highest BCUT2D eigenvalue weighted by atomic mass is 16.6. The lowest BCUT2D eigenvalue weighted by molar-refractivity contribution is -0.140. The molecule has 0 saturated heterocycles. The fourth-order valence-corrected chi connectivity index (χ4v) is 8.88. The zero-order valence-electron chi connectivity index (χ0n) is 40.9. The summed E-state index contributed by atoms with van der Waals surface area (Å²) in [6.07, 6.45) is 10.3. The van der Waals surface area contributed by atoms with Gasteiger partial charge >= 0.3 is 12.1 Å². The van der Waals surface area contributed by atoms with E-state index in [0.717, 1.165) is 119 Å². The maximum Gasteiger partial charge on any atom is 0.407 e. The van der Waals surface area contributed by atoms with Gasteiger partial charge in [-0.1, -0.05) is 129 Å². The summed E-state index contributed by atoms with van der Waals surface area (Å²) in [7, 11) is 4.89. The lowest BCUT2D eigenvalue weighted by Gasteiger charge is -2.23. The number of hydrogen-bond acceptors (Lipinski definition) is 9. The maximum absolute atomic E-state index is 13.4. The molecule has 11 heteroatoms. The zero-order chi connectivity index (χ0) is 48.3. The molecule has 0 spiro atoms. The first-order chi connectivity index (χ1) is 32.9. The maximum atomic E-state index is 13.4. The number of benzene rings is 5. The van der Waals surface area contributed by atoms with Gasteiger partial charge in [0, 0.05) is 45.2 Å². The van der Waals surface area contributed by atoms with E-state index in [0.29, 0.717) is 44.5 Å². The number of amides is 2. The van der Waals surface area contributed by atoms with Gasteiger partial charge in [-0.15, -0.1) is 0 Å². The van der Waals surface area contributed by atoms with Crippen LogP contribution in [0.4, 0.5) is 4.79 Å². The largest absolute Gasteiger partial charge is 0.496 e. The lowest BCUT2D eigenvalue weighted by Crippen LogP contribution is -2.39. The van der Waals surface area contributed by atoms with Crippen LogP contribution in [-0.2, 0) is 57.8 Å². The first kappa shape index (κ1) is 50.9. The number of methoxy groups -OCH3 is 3. The number of fused-ring (bicyclic) bond motifs is 8. The minimum atomic E-state index is -0.626. The summed E-state index contributed by atoms with van der Waals surface area (Å²) in [5.41, 5.74) is 9.72. The molecule has 8 bridgehead atoms. The second-order valence-corrected chi connectivity index (χ2v) is 18.5. The Kier molecular flexibility index (Phi) is 19.2. The summed E-state index contributed by atoms with van der Waals surface area (Å²) >= 11 is 0. The van der Waals surface area contributed by atoms with Crippen LogP contribution in [0.3, 0.4) is 0 Å². The third-order valence-electron chi connectivity index (χ3n) is 12.0. The van der Waals surface area contributed by atoms with Crippen molar-refractivity contribution in [3.63, 3.8) is 0 Å². The van der Waals surface area contributed by atoms with E-state index in [1.54, 1.807) is 35.0 Å². The number of carbonyl (C=O) groups excluding carboxylic acids is 3. The Hall–Kier alpha value is -6.49. The molecule has 0 unspecified atom stereocenters. The number of alkyl carbamates (subject to hydrolysis) is 1. The summed E-state index contributed by atoms with van der Waals surface area (Å²) in [6.45, 7) is 6.03. The average molecular weight is 927 g/mol. The Labute approximate surface area is 403 Å². The molecule has 2 N–H and O–H groups in total. The van der Waals surface area contributed by atoms with Gasteiger partial charge in [-0.3, -0.25) is 9.59 Å². The molecule has 68 heavy (non-hydrogen) atoms. The van der Waals surface area contributed by atoms with Crippen molar-refractivity contribution >= 4 is 18.0 Å². The fraction of sp³-hybridized carbons (Fsp3) is 0.421. The van der Waals surface area contributed by atoms with Gasteiger partial charge in [0.05, 0.1) is 21.3 Å². The van der Waals surface area contributed by atoms with Gasteiger partial charge in [-0.25, -0.2) is 4.79 Å². The normalized spacial score (nSPS) is 12.1. The van der Waals surface area contributed by atoms with E-state index in [4.69, 9.17) is 28.4 Å². The van der Waals surface area contributed by atoms with Gasteiger partial charge < -0.3 is 39.1 Å². The number of para-hydroxylation sites is 3. The minimum absolute atomic E-state index is 0.145. The van der Waals surface area contributed by atoms with Gasteiger partial charge in [-0.05, 0) is 95.7 Å². The molecule has 0 radical (unpaired) electrons. The summed E-state index contributed by atoms with van der Waals surface area (Å²) in [4.78, 5) is 37.1. The number of aryl methyl sites for hydroxylation is 1. The number of hydrogen-bond donors (Lipinski definition) is 2. The highest BCUT2D eigenvalue weighted by Crippen LogP contribution is 2.39. The van der Waals surface area contributed by atoms with E-state index in [9.17, 15) is 14.4 Å². The Balaban J connectivity index is 1.34. The van der Waals surface area contributed by atoms with Gasteiger partial charge in [0.2, 0.25) is 0 Å². The summed E-state index contributed by atoms with van der Waals surface area (Å²) < 4.78 is 36.1. The van der Waals surface area contributed by atoms with E-state index in [1.165, 1.54) is 12.7 Å². The molecule has 0 fully saturated rings. The molecule has 0 aliphatic heterocycles. The Morgan fingerprint density at radius 2 is 0.985 bits per heavy atom. The van der Waals surface area contributed by atoms with E-state index >= 15 is 0 Å². The predicted octanol–water partition coefficient (Wildman–Crippen LogP) is 10.8. The molecule has 0 aromatic heterocycles. The van der Waals surface area contributed by atoms with Crippen LogP contribution < -0.4 is 29.6 Å². The van der Waals surface area contributed by atoms with E-state index in [-0.39, 0.29) is 31.6 Å². The number of carbonyl (C=O) groups is 3. The molecule has 2 amide bonds. The van der Waals surface area contributed by atoms with Crippen LogP contribution in [0.2, 0.25) is 0 Å². The monoisotopic (exact) mass is 927 g/mol. The summed E-state index contributed by atoms with van der Waals surface area (Å²) in [5.74, 6) is 2.64. The van der Waals surface area contributed by atoms with Gasteiger partial charge in [0.1, 0.15) is 35.2 Å². The van der Waals surface area contributed by atoms with Gasteiger partial charge in [0.25, 0.3) is 5.91 Å². The van der Waals surface area contributed by atoms with Crippen LogP contribution in [0.15, 0.2) is 97.1 Å². The van der Waals surface area contributed by atoms with Crippen molar-refractivity contribution in [3.8, 4) is 23.0 Å². The highest BCUT2D eigenvalue weighted by molar-refractivity contribution is 5.77.